The summed E-state index contributed by atoms with van der Waals surface area (Å²) in [5, 5.41) is 0. The van der Waals surface area contributed by atoms with E-state index in [2.05, 4.69) is 6.92 Å². The fourth-order valence-corrected chi connectivity index (χ4v) is 4.26. The maximum absolute atomic E-state index is 12.6. The Hall–Kier alpha value is -0.433. The molecule has 0 amide bonds. The molecule has 138 valence electrons. The highest BCUT2D eigenvalue weighted by Crippen LogP contribution is 2.28. The van der Waals surface area contributed by atoms with Gasteiger partial charge in [-0.25, -0.2) is 0 Å². The zero-order valence-corrected chi connectivity index (χ0v) is 16.9. The lowest BCUT2D eigenvalue weighted by Gasteiger charge is -2.30. The first-order valence-electron chi connectivity index (χ1n) is 9.02. The van der Waals surface area contributed by atoms with Gasteiger partial charge in [0.25, 0.3) is 0 Å². The summed E-state index contributed by atoms with van der Waals surface area (Å²) in [5.41, 5.74) is -0.560. The molecule has 0 aliphatic carbocycles. The Morgan fingerprint density at radius 2 is 1.30 bits per heavy atom. The Balaban J connectivity index is 4.67. The van der Waals surface area contributed by atoms with Crippen LogP contribution in [-0.4, -0.2) is 34.8 Å². The Morgan fingerprint density at radius 3 is 1.74 bits per heavy atom. The van der Waals surface area contributed by atoms with Gasteiger partial charge in [-0.3, -0.25) is 4.79 Å². The monoisotopic (exact) mass is 348 g/mol. The molecule has 0 heterocycles. The Kier molecular flexibility index (Phi) is 11.8. The number of rotatable bonds is 14. The van der Waals surface area contributed by atoms with Gasteiger partial charge in [0, 0.05) is 19.8 Å². The second kappa shape index (κ2) is 12.0. The summed E-state index contributed by atoms with van der Waals surface area (Å²) in [6.07, 6.45) is 6.65. The summed E-state index contributed by atoms with van der Waals surface area (Å²) in [7, 11) is -3.38. The maximum atomic E-state index is 12.6. The molecule has 0 N–H and O–H groups in total. The van der Waals surface area contributed by atoms with Gasteiger partial charge in [-0.2, -0.15) is 0 Å². The predicted molar refractivity (Wildman–Crippen MR) is 93.9 cm³/mol. The first-order valence-corrected chi connectivity index (χ1v) is 10.7. The molecule has 0 aromatic heterocycles. The number of hydrogen-bond acceptors (Lipinski definition) is 5. The smallest absolute Gasteiger partial charge is 0.451 e. The van der Waals surface area contributed by atoms with Crippen molar-refractivity contribution in [2.45, 2.75) is 80.1 Å². The van der Waals surface area contributed by atoms with Crippen LogP contribution in [0.2, 0.25) is 0 Å². The molecule has 6 heteroatoms. The third kappa shape index (κ3) is 8.84. The van der Waals surface area contributed by atoms with Crippen LogP contribution in [0.15, 0.2) is 0 Å². The van der Waals surface area contributed by atoms with Crippen molar-refractivity contribution < 1.29 is 22.5 Å². The highest BCUT2D eigenvalue weighted by Gasteiger charge is 2.51. The van der Waals surface area contributed by atoms with Crippen LogP contribution in [-0.2, 0) is 22.5 Å². The largest absolute Gasteiger partial charge is 0.751 e. The molecule has 0 fully saturated rings. The molecule has 0 spiro atoms. The van der Waals surface area contributed by atoms with E-state index in [1.807, 2.05) is 34.6 Å². The quantitative estimate of drug-likeness (QED) is 0.343. The van der Waals surface area contributed by atoms with Gasteiger partial charge < -0.3 is 17.7 Å². The second-order valence-corrected chi connectivity index (χ2v) is 8.31. The van der Waals surface area contributed by atoms with Crippen molar-refractivity contribution in [1.82, 2.24) is 0 Å². The zero-order valence-electron chi connectivity index (χ0n) is 15.9. The molecule has 0 atom stereocenters. The molecule has 0 saturated carbocycles. The van der Waals surface area contributed by atoms with Gasteiger partial charge in [-0.05, 0) is 41.0 Å². The molecule has 0 aliphatic rings. The Bertz CT molecular complexity index is 303. The molecule has 0 aromatic rings. The van der Waals surface area contributed by atoms with Crippen molar-refractivity contribution in [2.24, 2.45) is 5.41 Å². The van der Waals surface area contributed by atoms with Crippen molar-refractivity contribution in [3.8, 4) is 0 Å². The van der Waals surface area contributed by atoms with E-state index in [-0.39, 0.29) is 5.97 Å². The van der Waals surface area contributed by atoms with Gasteiger partial charge in [0.05, 0.1) is 5.41 Å². The molecule has 5 nitrogen and oxygen atoms in total. The van der Waals surface area contributed by atoms with E-state index in [1.54, 1.807) is 0 Å². The van der Waals surface area contributed by atoms with Crippen LogP contribution >= 0.6 is 0 Å². The van der Waals surface area contributed by atoms with Crippen molar-refractivity contribution in [3.05, 3.63) is 0 Å². The molecule has 0 aliphatic heterocycles. The first kappa shape index (κ1) is 22.6. The summed E-state index contributed by atoms with van der Waals surface area (Å²) in [6.45, 7) is 12.7. The van der Waals surface area contributed by atoms with E-state index in [0.29, 0.717) is 19.8 Å². The van der Waals surface area contributed by atoms with Crippen molar-refractivity contribution in [1.29, 1.82) is 0 Å². The van der Waals surface area contributed by atoms with Gasteiger partial charge in [-0.1, -0.05) is 39.0 Å². The minimum Gasteiger partial charge on any atom is -0.451 e. The third-order valence-corrected chi connectivity index (χ3v) is 6.00. The fraction of sp³-hybridized carbons (Fsp3) is 0.941. The predicted octanol–water partition coefficient (Wildman–Crippen LogP) is 4.46. The minimum atomic E-state index is -3.38. The summed E-state index contributed by atoms with van der Waals surface area (Å²) in [6, 6.07) is 0. The van der Waals surface area contributed by atoms with Crippen LogP contribution in [0.1, 0.15) is 80.1 Å². The van der Waals surface area contributed by atoms with E-state index >= 15 is 0 Å². The molecular weight excluding hydrogens is 312 g/mol. The lowest BCUT2D eigenvalue weighted by molar-refractivity contribution is -0.155. The standard InChI is InChI=1S/C17H36O5Si/c1-7-11-12-13-14-15-17(5,6)16(18)22-23(19-8-2,20-9-3)21-10-4/h7-15H2,1-6H3. The van der Waals surface area contributed by atoms with Gasteiger partial charge in [0.15, 0.2) is 0 Å². The fourth-order valence-electron chi connectivity index (χ4n) is 2.27. The third-order valence-electron chi connectivity index (χ3n) is 3.64. The molecule has 0 rings (SSSR count). The van der Waals surface area contributed by atoms with E-state index < -0.39 is 14.5 Å². The lowest BCUT2D eigenvalue weighted by Crippen LogP contribution is -2.52. The molecule has 0 bridgehead atoms. The second-order valence-electron chi connectivity index (χ2n) is 6.24. The van der Waals surface area contributed by atoms with Gasteiger partial charge in [0.2, 0.25) is 0 Å². The topological polar surface area (TPSA) is 54.0 Å². The summed E-state index contributed by atoms with van der Waals surface area (Å²) in [4.78, 5) is 12.6. The average molecular weight is 349 g/mol. The van der Waals surface area contributed by atoms with Gasteiger partial charge in [0.1, 0.15) is 0 Å². The van der Waals surface area contributed by atoms with E-state index in [1.165, 1.54) is 19.3 Å². The van der Waals surface area contributed by atoms with Crippen molar-refractivity contribution in [2.75, 3.05) is 19.8 Å². The summed E-state index contributed by atoms with van der Waals surface area (Å²) in [5.74, 6) is -0.296. The van der Waals surface area contributed by atoms with E-state index in [4.69, 9.17) is 17.7 Å². The van der Waals surface area contributed by atoms with Crippen LogP contribution in [0, 0.1) is 5.41 Å². The first-order chi connectivity index (χ1) is 10.9. The van der Waals surface area contributed by atoms with E-state index in [9.17, 15) is 4.79 Å². The Labute approximate surface area is 143 Å². The normalized spacial score (nSPS) is 12.4. The van der Waals surface area contributed by atoms with Gasteiger partial charge >= 0.3 is 15.0 Å². The van der Waals surface area contributed by atoms with E-state index in [0.717, 1.165) is 19.3 Å². The van der Waals surface area contributed by atoms with Crippen LogP contribution in [0.25, 0.3) is 0 Å². The van der Waals surface area contributed by atoms with Gasteiger partial charge in [-0.15, -0.1) is 0 Å². The number of carbonyl (C=O) groups is 1. The molecule has 0 unspecified atom stereocenters. The van der Waals surface area contributed by atoms with Crippen LogP contribution in [0.4, 0.5) is 0 Å². The zero-order chi connectivity index (χ0) is 17.8. The SMILES string of the molecule is CCCCCCCC(C)(C)C(=O)O[Si](OCC)(OCC)OCC. The lowest BCUT2D eigenvalue weighted by atomic mass is 9.87. The van der Waals surface area contributed by atoms with Crippen molar-refractivity contribution in [3.63, 3.8) is 0 Å². The van der Waals surface area contributed by atoms with Crippen LogP contribution in [0.3, 0.4) is 0 Å². The molecule has 0 saturated heterocycles. The summed E-state index contributed by atoms with van der Waals surface area (Å²) < 4.78 is 22.4. The maximum Gasteiger partial charge on any atom is 0.751 e. The van der Waals surface area contributed by atoms with Crippen LogP contribution in [0.5, 0.6) is 0 Å². The minimum absolute atomic E-state index is 0.296. The Morgan fingerprint density at radius 1 is 0.826 bits per heavy atom. The average Bonchev–Trinajstić information content (AvgIpc) is 2.47. The number of carbonyl (C=O) groups excluding carboxylic acids is 1. The highest BCUT2D eigenvalue weighted by atomic mass is 28.4. The number of unbranched alkanes of at least 4 members (excludes halogenated alkanes) is 4. The highest BCUT2D eigenvalue weighted by molar-refractivity contribution is 6.55. The molecule has 23 heavy (non-hydrogen) atoms. The summed E-state index contributed by atoms with van der Waals surface area (Å²) >= 11 is 0. The molecular formula is C17H36O5Si. The number of hydrogen-bond donors (Lipinski definition) is 0. The van der Waals surface area contributed by atoms with Crippen LogP contribution < -0.4 is 0 Å². The molecule has 0 aromatic carbocycles. The molecule has 0 radical (unpaired) electrons. The van der Waals surface area contributed by atoms with Crippen molar-refractivity contribution >= 4 is 15.0 Å².